The molecule has 0 aliphatic rings. The quantitative estimate of drug-likeness (QED) is 0.706. The van der Waals surface area contributed by atoms with Crippen molar-refractivity contribution in [3.63, 3.8) is 0 Å². The molecule has 0 aliphatic carbocycles. The lowest BCUT2D eigenvalue weighted by Gasteiger charge is -2.24. The van der Waals surface area contributed by atoms with Gasteiger partial charge in [-0.3, -0.25) is 0 Å². The average Bonchev–Trinajstić information content (AvgIpc) is 2.43. The third-order valence-corrected chi connectivity index (χ3v) is 4.91. The highest BCUT2D eigenvalue weighted by Gasteiger charge is 2.14. The number of benzene rings is 1. The molecular formula is C17H29NS. The third kappa shape index (κ3) is 6.01. The first-order chi connectivity index (χ1) is 9.19. The van der Waals surface area contributed by atoms with Gasteiger partial charge in [-0.1, -0.05) is 51.5 Å². The van der Waals surface area contributed by atoms with E-state index in [1.54, 1.807) is 0 Å². The number of nitrogens with one attached hydrogen (secondary N) is 1. The maximum absolute atomic E-state index is 3.70. The normalized spacial score (nSPS) is 14.3. The fourth-order valence-corrected chi connectivity index (χ4v) is 3.47. The Labute approximate surface area is 123 Å². The number of hydrogen-bond donors (Lipinski definition) is 1. The zero-order chi connectivity index (χ0) is 14.1. The van der Waals surface area contributed by atoms with E-state index in [-0.39, 0.29) is 0 Å². The molecule has 108 valence electrons. The van der Waals surface area contributed by atoms with Crippen LogP contribution in [0.2, 0.25) is 0 Å². The maximum atomic E-state index is 3.70. The van der Waals surface area contributed by atoms with Gasteiger partial charge in [-0.15, -0.1) is 0 Å². The molecule has 0 heterocycles. The highest BCUT2D eigenvalue weighted by Crippen LogP contribution is 2.19. The molecule has 1 aromatic carbocycles. The second-order valence-electron chi connectivity index (χ2n) is 5.39. The van der Waals surface area contributed by atoms with Gasteiger partial charge in [0.1, 0.15) is 0 Å². The Balaban J connectivity index is 2.41. The average molecular weight is 279 g/mol. The lowest BCUT2D eigenvalue weighted by Crippen LogP contribution is -2.37. The summed E-state index contributed by atoms with van der Waals surface area (Å²) in [6, 6.07) is 9.37. The van der Waals surface area contributed by atoms with Gasteiger partial charge in [0.15, 0.2) is 0 Å². The summed E-state index contributed by atoms with van der Waals surface area (Å²) in [7, 11) is 0. The summed E-state index contributed by atoms with van der Waals surface area (Å²) in [6.45, 7) is 10.2. The van der Waals surface area contributed by atoms with Crippen molar-refractivity contribution in [2.24, 2.45) is 5.92 Å². The van der Waals surface area contributed by atoms with Crippen molar-refractivity contribution in [2.45, 2.75) is 52.3 Å². The molecule has 0 bridgehead atoms. The molecule has 0 aliphatic heterocycles. The van der Waals surface area contributed by atoms with Crippen molar-refractivity contribution in [1.82, 2.24) is 5.32 Å². The van der Waals surface area contributed by atoms with Crippen LogP contribution in [0.4, 0.5) is 0 Å². The Bertz CT molecular complexity index is 351. The first kappa shape index (κ1) is 16.6. The van der Waals surface area contributed by atoms with Gasteiger partial charge in [0, 0.05) is 17.5 Å². The van der Waals surface area contributed by atoms with Crippen molar-refractivity contribution < 1.29 is 0 Å². The van der Waals surface area contributed by atoms with Crippen LogP contribution < -0.4 is 5.32 Å². The van der Waals surface area contributed by atoms with E-state index in [0.29, 0.717) is 6.04 Å². The molecule has 1 aromatic rings. The highest BCUT2D eigenvalue weighted by molar-refractivity contribution is 7.98. The van der Waals surface area contributed by atoms with E-state index in [1.807, 2.05) is 0 Å². The molecule has 0 radical (unpaired) electrons. The smallest absolute Gasteiger partial charge is 0.0187 e. The maximum Gasteiger partial charge on any atom is 0.0187 e. The second kappa shape index (κ2) is 9.44. The zero-order valence-electron chi connectivity index (χ0n) is 12.9. The molecule has 1 nitrogen and oxygen atoms in total. The molecule has 2 atom stereocenters. The van der Waals surface area contributed by atoms with Crippen LogP contribution in [0.15, 0.2) is 24.3 Å². The van der Waals surface area contributed by atoms with Crippen molar-refractivity contribution in [2.75, 3.05) is 12.3 Å². The van der Waals surface area contributed by atoms with Gasteiger partial charge in [-0.05, 0) is 36.9 Å². The van der Waals surface area contributed by atoms with E-state index in [1.165, 1.54) is 29.7 Å². The van der Waals surface area contributed by atoms with Crippen LogP contribution in [0.3, 0.4) is 0 Å². The minimum Gasteiger partial charge on any atom is -0.313 e. The number of rotatable bonds is 9. The Morgan fingerprint density at radius 1 is 1.21 bits per heavy atom. The monoisotopic (exact) mass is 279 g/mol. The highest BCUT2D eigenvalue weighted by atomic mass is 32.2. The SMILES string of the molecule is CCCNC(CSCc1ccccc1C)C(C)CC. The molecule has 0 amide bonds. The second-order valence-corrected chi connectivity index (χ2v) is 6.42. The topological polar surface area (TPSA) is 12.0 Å². The van der Waals surface area contributed by atoms with E-state index >= 15 is 0 Å². The predicted octanol–water partition coefficient (Wildman–Crippen LogP) is 4.64. The summed E-state index contributed by atoms with van der Waals surface area (Å²) >= 11 is 2.06. The standard InChI is InChI=1S/C17H29NS/c1-5-11-18-17(14(3)6-2)13-19-12-16-10-8-7-9-15(16)4/h7-10,14,17-18H,5-6,11-13H2,1-4H3. The zero-order valence-corrected chi connectivity index (χ0v) is 13.7. The van der Waals surface area contributed by atoms with E-state index in [9.17, 15) is 0 Å². The summed E-state index contributed by atoms with van der Waals surface area (Å²) < 4.78 is 0. The molecule has 1 rings (SSSR count). The fraction of sp³-hybridized carbons (Fsp3) is 0.647. The van der Waals surface area contributed by atoms with Crippen LogP contribution in [0.25, 0.3) is 0 Å². The Kier molecular flexibility index (Phi) is 8.24. The summed E-state index contributed by atoms with van der Waals surface area (Å²) in [6.07, 6.45) is 2.47. The van der Waals surface area contributed by atoms with Crippen LogP contribution in [0.5, 0.6) is 0 Å². The molecule has 19 heavy (non-hydrogen) atoms. The molecule has 2 heteroatoms. The lowest BCUT2D eigenvalue weighted by atomic mass is 10.0. The van der Waals surface area contributed by atoms with Crippen LogP contribution in [-0.2, 0) is 5.75 Å². The number of thioether (sulfide) groups is 1. The Hall–Kier alpha value is -0.470. The van der Waals surface area contributed by atoms with Gasteiger partial charge in [-0.25, -0.2) is 0 Å². The van der Waals surface area contributed by atoms with Gasteiger partial charge in [-0.2, -0.15) is 11.8 Å². The molecule has 0 aromatic heterocycles. The van der Waals surface area contributed by atoms with E-state index in [0.717, 1.165) is 18.2 Å². The third-order valence-electron chi connectivity index (χ3n) is 3.80. The van der Waals surface area contributed by atoms with Crippen LogP contribution in [-0.4, -0.2) is 18.3 Å². The van der Waals surface area contributed by atoms with Gasteiger partial charge in [0.2, 0.25) is 0 Å². The fourth-order valence-electron chi connectivity index (χ4n) is 2.11. The molecule has 0 spiro atoms. The molecule has 2 unspecified atom stereocenters. The van der Waals surface area contributed by atoms with Gasteiger partial charge < -0.3 is 5.32 Å². The Morgan fingerprint density at radius 2 is 1.95 bits per heavy atom. The number of hydrogen-bond acceptors (Lipinski definition) is 2. The van der Waals surface area contributed by atoms with Gasteiger partial charge in [0.25, 0.3) is 0 Å². The van der Waals surface area contributed by atoms with Crippen LogP contribution in [0, 0.1) is 12.8 Å². The summed E-state index contributed by atoms with van der Waals surface area (Å²) in [5.74, 6) is 3.10. The van der Waals surface area contributed by atoms with E-state index in [4.69, 9.17) is 0 Å². The molecule has 0 saturated heterocycles. The lowest BCUT2D eigenvalue weighted by molar-refractivity contribution is 0.397. The molecule has 0 fully saturated rings. The first-order valence-electron chi connectivity index (χ1n) is 7.54. The van der Waals surface area contributed by atoms with Crippen molar-refractivity contribution in [3.8, 4) is 0 Å². The number of aryl methyl sites for hydroxylation is 1. The van der Waals surface area contributed by atoms with Gasteiger partial charge in [0.05, 0.1) is 0 Å². The summed E-state index contributed by atoms with van der Waals surface area (Å²) in [4.78, 5) is 0. The van der Waals surface area contributed by atoms with Crippen molar-refractivity contribution in [1.29, 1.82) is 0 Å². The molecule has 1 N–H and O–H groups in total. The summed E-state index contributed by atoms with van der Waals surface area (Å²) in [5, 5.41) is 3.70. The van der Waals surface area contributed by atoms with Crippen LogP contribution >= 0.6 is 11.8 Å². The van der Waals surface area contributed by atoms with Crippen molar-refractivity contribution >= 4 is 11.8 Å². The largest absolute Gasteiger partial charge is 0.313 e. The minimum absolute atomic E-state index is 0.652. The van der Waals surface area contributed by atoms with Crippen LogP contribution in [0.1, 0.15) is 44.7 Å². The first-order valence-corrected chi connectivity index (χ1v) is 8.70. The summed E-state index contributed by atoms with van der Waals surface area (Å²) in [5.41, 5.74) is 2.89. The minimum atomic E-state index is 0.652. The Morgan fingerprint density at radius 3 is 2.58 bits per heavy atom. The van der Waals surface area contributed by atoms with Crippen molar-refractivity contribution in [3.05, 3.63) is 35.4 Å². The molecule has 0 saturated carbocycles. The van der Waals surface area contributed by atoms with Gasteiger partial charge >= 0.3 is 0 Å². The molecular weight excluding hydrogens is 250 g/mol. The van der Waals surface area contributed by atoms with E-state index < -0.39 is 0 Å². The van der Waals surface area contributed by atoms with E-state index in [2.05, 4.69) is 69.0 Å². The predicted molar refractivity (Wildman–Crippen MR) is 88.9 cm³/mol.